The Balaban J connectivity index is 1.80. The molecular weight excluding hydrogens is 302 g/mol. The zero-order valence-electron chi connectivity index (χ0n) is 14.7. The zero-order chi connectivity index (χ0) is 17.1. The van der Waals surface area contributed by atoms with Gasteiger partial charge >= 0.3 is 0 Å². The molecule has 0 bridgehead atoms. The summed E-state index contributed by atoms with van der Waals surface area (Å²) in [4.78, 5) is 31.0. The van der Waals surface area contributed by atoms with Crippen LogP contribution < -0.4 is 9.80 Å². The van der Waals surface area contributed by atoms with Crippen molar-refractivity contribution >= 4 is 23.2 Å². The lowest BCUT2D eigenvalue weighted by Gasteiger charge is -2.37. The summed E-state index contributed by atoms with van der Waals surface area (Å²) < 4.78 is 0. The van der Waals surface area contributed by atoms with Crippen LogP contribution in [-0.4, -0.2) is 49.4 Å². The highest BCUT2D eigenvalue weighted by Crippen LogP contribution is 2.32. The van der Waals surface area contributed by atoms with Gasteiger partial charge < -0.3 is 14.7 Å². The molecule has 0 aliphatic carbocycles. The third kappa shape index (κ3) is 3.25. The Morgan fingerprint density at radius 3 is 2.67 bits per heavy atom. The lowest BCUT2D eigenvalue weighted by molar-refractivity contribution is -0.133. The Morgan fingerprint density at radius 1 is 1.17 bits per heavy atom. The van der Waals surface area contributed by atoms with E-state index in [1.54, 1.807) is 4.90 Å². The topological polar surface area (TPSA) is 43.9 Å². The van der Waals surface area contributed by atoms with Gasteiger partial charge in [-0.2, -0.15) is 0 Å². The van der Waals surface area contributed by atoms with Crippen LogP contribution in [0.15, 0.2) is 24.3 Å². The first-order valence-corrected chi connectivity index (χ1v) is 9.01. The molecule has 5 nitrogen and oxygen atoms in total. The molecule has 1 aromatic carbocycles. The van der Waals surface area contributed by atoms with Crippen molar-refractivity contribution in [3.63, 3.8) is 0 Å². The van der Waals surface area contributed by atoms with Gasteiger partial charge in [-0.3, -0.25) is 9.59 Å². The van der Waals surface area contributed by atoms with Crippen molar-refractivity contribution in [2.24, 2.45) is 0 Å². The Labute approximate surface area is 144 Å². The summed E-state index contributed by atoms with van der Waals surface area (Å²) in [5.74, 6) is 0.287. The van der Waals surface area contributed by atoms with Crippen LogP contribution >= 0.6 is 0 Å². The summed E-state index contributed by atoms with van der Waals surface area (Å²) in [5, 5.41) is 0. The summed E-state index contributed by atoms with van der Waals surface area (Å²) in [5.41, 5.74) is 1.86. The van der Waals surface area contributed by atoms with Crippen LogP contribution in [0.25, 0.3) is 0 Å². The number of likely N-dealkylation sites (tertiary alicyclic amines) is 1. The highest BCUT2D eigenvalue weighted by Gasteiger charge is 2.29. The van der Waals surface area contributed by atoms with Crippen molar-refractivity contribution in [2.45, 2.75) is 45.1 Å². The first-order chi connectivity index (χ1) is 11.6. The van der Waals surface area contributed by atoms with Gasteiger partial charge in [0.1, 0.15) is 0 Å². The molecule has 2 aliphatic rings. The second-order valence-corrected chi connectivity index (χ2v) is 6.76. The number of rotatable bonds is 3. The fourth-order valence-electron chi connectivity index (χ4n) is 3.84. The molecule has 2 heterocycles. The maximum absolute atomic E-state index is 12.9. The number of hydrogen-bond donors (Lipinski definition) is 0. The molecule has 3 rings (SSSR count). The van der Waals surface area contributed by atoms with Gasteiger partial charge in [-0.15, -0.1) is 0 Å². The lowest BCUT2D eigenvalue weighted by atomic mass is 10.00. The minimum absolute atomic E-state index is 0.0989. The number of amides is 2. The van der Waals surface area contributed by atoms with Crippen molar-refractivity contribution in [1.82, 2.24) is 4.90 Å². The van der Waals surface area contributed by atoms with Crippen LogP contribution in [0.4, 0.5) is 11.4 Å². The summed E-state index contributed by atoms with van der Waals surface area (Å²) in [6, 6.07) is 8.23. The van der Waals surface area contributed by atoms with E-state index in [0.29, 0.717) is 25.6 Å². The van der Waals surface area contributed by atoms with E-state index in [9.17, 15) is 9.59 Å². The Morgan fingerprint density at radius 2 is 1.92 bits per heavy atom. The van der Waals surface area contributed by atoms with E-state index < -0.39 is 0 Å². The predicted molar refractivity (Wildman–Crippen MR) is 96.3 cm³/mol. The molecule has 0 saturated carbocycles. The van der Waals surface area contributed by atoms with E-state index in [0.717, 1.165) is 37.2 Å². The molecule has 0 spiro atoms. The van der Waals surface area contributed by atoms with Gasteiger partial charge in [0.15, 0.2) is 0 Å². The quantitative estimate of drug-likeness (QED) is 0.856. The number of anilines is 2. The highest BCUT2D eigenvalue weighted by molar-refractivity contribution is 5.98. The van der Waals surface area contributed by atoms with Gasteiger partial charge in [-0.25, -0.2) is 0 Å². The van der Waals surface area contributed by atoms with Crippen LogP contribution in [0.5, 0.6) is 0 Å². The SMILES string of the molecule is CCC1CCCCN1C(=O)CN1CCC(=O)N(C)c2ccccc21. The second-order valence-electron chi connectivity index (χ2n) is 6.76. The summed E-state index contributed by atoms with van der Waals surface area (Å²) >= 11 is 0. The number of nitrogens with zero attached hydrogens (tertiary/aromatic N) is 3. The van der Waals surface area contributed by atoms with E-state index in [2.05, 4.69) is 16.7 Å². The summed E-state index contributed by atoms with van der Waals surface area (Å²) in [6.07, 6.45) is 4.88. The third-order valence-electron chi connectivity index (χ3n) is 5.30. The van der Waals surface area contributed by atoms with Crippen molar-refractivity contribution in [3.8, 4) is 0 Å². The van der Waals surface area contributed by atoms with E-state index in [-0.39, 0.29) is 11.8 Å². The number of piperidine rings is 1. The first-order valence-electron chi connectivity index (χ1n) is 9.01. The number of hydrogen-bond acceptors (Lipinski definition) is 3. The summed E-state index contributed by atoms with van der Waals surface area (Å²) in [6.45, 7) is 3.97. The monoisotopic (exact) mass is 329 g/mol. The maximum atomic E-state index is 12.9. The van der Waals surface area contributed by atoms with E-state index in [1.807, 2.05) is 31.3 Å². The molecule has 0 radical (unpaired) electrons. The first kappa shape index (κ1) is 16.8. The van der Waals surface area contributed by atoms with Crippen molar-refractivity contribution < 1.29 is 9.59 Å². The zero-order valence-corrected chi connectivity index (χ0v) is 14.7. The Bertz CT molecular complexity index is 616. The van der Waals surface area contributed by atoms with Crippen LogP contribution in [0, 0.1) is 0 Å². The van der Waals surface area contributed by atoms with E-state index in [1.165, 1.54) is 6.42 Å². The van der Waals surface area contributed by atoms with Gasteiger partial charge in [0, 0.05) is 32.6 Å². The third-order valence-corrected chi connectivity index (χ3v) is 5.30. The number of para-hydroxylation sites is 2. The van der Waals surface area contributed by atoms with Gasteiger partial charge in [0.05, 0.1) is 17.9 Å². The second kappa shape index (κ2) is 7.24. The van der Waals surface area contributed by atoms with Crippen LogP contribution in [-0.2, 0) is 9.59 Å². The van der Waals surface area contributed by atoms with E-state index in [4.69, 9.17) is 0 Å². The Kier molecular flexibility index (Phi) is 5.07. The normalized spacial score (nSPS) is 21.5. The molecule has 5 heteroatoms. The highest BCUT2D eigenvalue weighted by atomic mass is 16.2. The molecule has 130 valence electrons. The smallest absolute Gasteiger partial charge is 0.242 e. The maximum Gasteiger partial charge on any atom is 0.242 e. The molecule has 1 unspecified atom stereocenters. The lowest BCUT2D eigenvalue weighted by Crippen LogP contribution is -2.48. The largest absolute Gasteiger partial charge is 0.360 e. The predicted octanol–water partition coefficient (Wildman–Crippen LogP) is 2.65. The summed E-state index contributed by atoms with van der Waals surface area (Å²) in [7, 11) is 1.81. The fraction of sp³-hybridized carbons (Fsp3) is 0.579. The molecule has 0 N–H and O–H groups in total. The van der Waals surface area contributed by atoms with Gasteiger partial charge in [-0.1, -0.05) is 19.1 Å². The van der Waals surface area contributed by atoms with Gasteiger partial charge in [-0.05, 0) is 37.8 Å². The molecule has 2 amide bonds. The number of carbonyl (C=O) groups excluding carboxylic acids is 2. The average molecular weight is 329 g/mol. The Hall–Kier alpha value is -2.04. The minimum Gasteiger partial charge on any atom is -0.360 e. The van der Waals surface area contributed by atoms with Crippen molar-refractivity contribution in [3.05, 3.63) is 24.3 Å². The van der Waals surface area contributed by atoms with Crippen molar-refractivity contribution in [2.75, 3.05) is 36.5 Å². The molecule has 1 saturated heterocycles. The number of benzene rings is 1. The molecule has 1 atom stereocenters. The van der Waals surface area contributed by atoms with Gasteiger partial charge in [0.2, 0.25) is 11.8 Å². The molecular formula is C19H27N3O2. The van der Waals surface area contributed by atoms with E-state index >= 15 is 0 Å². The molecule has 24 heavy (non-hydrogen) atoms. The molecule has 1 aromatic rings. The van der Waals surface area contributed by atoms with Crippen LogP contribution in [0.1, 0.15) is 39.0 Å². The molecule has 2 aliphatic heterocycles. The molecule has 1 fully saturated rings. The van der Waals surface area contributed by atoms with Crippen LogP contribution in [0.2, 0.25) is 0 Å². The number of fused-ring (bicyclic) bond motifs is 1. The standard InChI is InChI=1S/C19H27N3O2/c1-3-15-8-6-7-12-22(15)19(24)14-21-13-11-18(23)20(2)16-9-4-5-10-17(16)21/h4-5,9-10,15H,3,6-8,11-14H2,1-2H3. The fourth-order valence-corrected chi connectivity index (χ4v) is 3.84. The van der Waals surface area contributed by atoms with Crippen LogP contribution in [0.3, 0.4) is 0 Å². The average Bonchev–Trinajstić information content (AvgIpc) is 2.74. The number of carbonyl (C=O) groups is 2. The van der Waals surface area contributed by atoms with Gasteiger partial charge in [0.25, 0.3) is 0 Å². The molecule has 0 aromatic heterocycles. The van der Waals surface area contributed by atoms with Crippen molar-refractivity contribution in [1.29, 1.82) is 0 Å². The minimum atomic E-state index is 0.0989.